The molecule has 4 nitrogen and oxygen atoms in total. The molecule has 0 saturated heterocycles. The van der Waals surface area contributed by atoms with Crippen LogP contribution in [-0.2, 0) is 20.9 Å². The van der Waals surface area contributed by atoms with Gasteiger partial charge in [-0.25, -0.2) is 4.31 Å². The van der Waals surface area contributed by atoms with E-state index in [2.05, 4.69) is 0 Å². The molecule has 0 saturated carbocycles. The zero-order valence-electron chi connectivity index (χ0n) is 7.80. The Balaban J connectivity index is 5.61. The van der Waals surface area contributed by atoms with Gasteiger partial charge in [-0.1, -0.05) is 0 Å². The summed E-state index contributed by atoms with van der Waals surface area (Å²) < 4.78 is 94.6. The minimum atomic E-state index is -6.15. The second-order valence-corrected chi connectivity index (χ2v) is 6.25. The molecule has 0 fully saturated rings. The molecule has 1 atom stereocenters. The summed E-state index contributed by atoms with van der Waals surface area (Å²) in [5.41, 5.74) is -11.0. The Morgan fingerprint density at radius 1 is 1.06 bits per heavy atom. The van der Waals surface area contributed by atoms with Crippen LogP contribution in [-0.4, -0.2) is 37.8 Å². The Kier molecular flexibility index (Phi) is 4.39. The lowest BCUT2D eigenvalue weighted by Gasteiger charge is -2.17. The summed E-state index contributed by atoms with van der Waals surface area (Å²) in [5.74, 6) is 0. The van der Waals surface area contributed by atoms with Gasteiger partial charge in [0.2, 0.25) is 0 Å². The highest BCUT2D eigenvalue weighted by atomic mass is 32.3. The van der Waals surface area contributed by atoms with E-state index in [-0.39, 0.29) is 4.31 Å². The van der Waals surface area contributed by atoms with Gasteiger partial charge in [0.05, 0.1) is 10.9 Å². The SMILES string of the molecule is CN(C)S(=NS(=O)(=O)C(F)(F)F)C(F)(F)F. The minimum absolute atomic E-state index is 0.239. The zero-order valence-corrected chi connectivity index (χ0v) is 9.43. The number of rotatable bonds is 2. The quantitative estimate of drug-likeness (QED) is 0.727. The number of halogens is 6. The van der Waals surface area contributed by atoms with Crippen molar-refractivity contribution in [1.29, 1.82) is 0 Å². The van der Waals surface area contributed by atoms with Gasteiger partial charge in [0.15, 0.2) is 0 Å². The third-order valence-electron chi connectivity index (χ3n) is 1.01. The highest BCUT2D eigenvalue weighted by Crippen LogP contribution is 2.30. The maximum Gasteiger partial charge on any atom is 0.519 e. The highest BCUT2D eigenvalue weighted by Gasteiger charge is 2.49. The van der Waals surface area contributed by atoms with Crippen molar-refractivity contribution in [1.82, 2.24) is 4.31 Å². The minimum Gasteiger partial charge on any atom is -0.240 e. The number of hydrogen-bond donors (Lipinski definition) is 0. The lowest BCUT2D eigenvalue weighted by Crippen LogP contribution is -2.32. The van der Waals surface area contributed by atoms with Gasteiger partial charge in [-0.05, 0) is 14.1 Å². The topological polar surface area (TPSA) is 49.7 Å². The first-order chi connectivity index (χ1) is 6.79. The van der Waals surface area contributed by atoms with E-state index in [1.165, 1.54) is 0 Å². The van der Waals surface area contributed by atoms with Crippen molar-refractivity contribution in [3.63, 3.8) is 0 Å². The Morgan fingerprint density at radius 2 is 1.44 bits per heavy atom. The van der Waals surface area contributed by atoms with Crippen molar-refractivity contribution in [2.45, 2.75) is 11.0 Å². The van der Waals surface area contributed by atoms with Gasteiger partial charge in [0.25, 0.3) is 0 Å². The van der Waals surface area contributed by atoms with Crippen LogP contribution < -0.4 is 0 Å². The molecule has 0 aromatic heterocycles. The molecular formula is C4H6F6N2O2S2. The molecule has 0 bridgehead atoms. The van der Waals surface area contributed by atoms with E-state index in [0.717, 1.165) is 14.1 Å². The van der Waals surface area contributed by atoms with E-state index in [0.29, 0.717) is 0 Å². The largest absolute Gasteiger partial charge is 0.519 e. The first-order valence-corrected chi connectivity index (χ1v) is 5.90. The predicted octanol–water partition coefficient (Wildman–Crippen LogP) is 1.63. The van der Waals surface area contributed by atoms with Gasteiger partial charge in [-0.3, -0.25) is 0 Å². The lowest BCUT2D eigenvalue weighted by molar-refractivity contribution is -0.0439. The molecule has 0 aromatic carbocycles. The Labute approximate surface area is 89.5 Å². The molecule has 12 heteroatoms. The van der Waals surface area contributed by atoms with Gasteiger partial charge in [0, 0.05) is 0 Å². The average Bonchev–Trinajstić information content (AvgIpc) is 1.95. The van der Waals surface area contributed by atoms with Crippen LogP contribution >= 0.6 is 0 Å². The Hall–Kier alpha value is -0.360. The predicted molar refractivity (Wildman–Crippen MR) is 44.5 cm³/mol. The molecule has 0 aliphatic heterocycles. The van der Waals surface area contributed by atoms with Crippen LogP contribution in [0.15, 0.2) is 3.77 Å². The summed E-state index contributed by atoms with van der Waals surface area (Å²) in [6.07, 6.45) is 0. The van der Waals surface area contributed by atoms with Gasteiger partial charge in [0.1, 0.15) is 0 Å². The first-order valence-electron chi connectivity index (χ1n) is 3.32. The van der Waals surface area contributed by atoms with Crippen LogP contribution in [0.3, 0.4) is 0 Å². The van der Waals surface area contributed by atoms with Crippen LogP contribution in [0.2, 0.25) is 0 Å². The molecule has 16 heavy (non-hydrogen) atoms. The fourth-order valence-electron chi connectivity index (χ4n) is 0.451. The zero-order chi connectivity index (χ0) is 13.4. The molecule has 0 aliphatic carbocycles. The standard InChI is InChI=1S/C4H6F6N2O2S2/c1-12(2)15(3(5,6)7)11-16(13,14)4(8,9)10/h1-2H3. The number of nitrogens with zero attached hydrogens (tertiary/aromatic N) is 2. The first kappa shape index (κ1) is 15.6. The molecule has 0 heterocycles. The summed E-state index contributed by atoms with van der Waals surface area (Å²) >= 11 is 0. The molecule has 0 radical (unpaired) electrons. The molecule has 0 amide bonds. The normalized spacial score (nSPS) is 16.8. The monoisotopic (exact) mass is 292 g/mol. The van der Waals surface area contributed by atoms with E-state index < -0.39 is 31.9 Å². The molecule has 0 N–H and O–H groups in total. The lowest BCUT2D eigenvalue weighted by atomic mass is 11.3. The second-order valence-electron chi connectivity index (χ2n) is 2.52. The van der Waals surface area contributed by atoms with Gasteiger partial charge >= 0.3 is 21.0 Å². The van der Waals surface area contributed by atoms with Crippen molar-refractivity contribution >= 4 is 20.9 Å². The number of alkyl halides is 6. The fraction of sp³-hybridized carbons (Fsp3) is 1.00. The third-order valence-corrected chi connectivity index (χ3v) is 4.05. The summed E-state index contributed by atoms with van der Waals surface area (Å²) in [4.78, 5) is 0. The summed E-state index contributed by atoms with van der Waals surface area (Å²) in [5, 5.41) is 0. The molecule has 1 unspecified atom stereocenters. The maximum absolute atomic E-state index is 12.1. The van der Waals surface area contributed by atoms with Gasteiger partial charge in [-0.15, -0.1) is 3.77 Å². The van der Waals surface area contributed by atoms with E-state index in [4.69, 9.17) is 0 Å². The summed E-state index contributed by atoms with van der Waals surface area (Å²) in [6.45, 7) is 0. The average molecular weight is 292 g/mol. The van der Waals surface area contributed by atoms with Crippen LogP contribution in [0.1, 0.15) is 0 Å². The van der Waals surface area contributed by atoms with Crippen LogP contribution in [0, 0.1) is 0 Å². The smallest absolute Gasteiger partial charge is 0.240 e. The van der Waals surface area contributed by atoms with Crippen LogP contribution in [0.4, 0.5) is 26.3 Å². The molecule has 98 valence electrons. The van der Waals surface area contributed by atoms with Crippen molar-refractivity contribution in [3.05, 3.63) is 0 Å². The van der Waals surface area contributed by atoms with E-state index in [1.807, 2.05) is 3.77 Å². The summed E-state index contributed by atoms with van der Waals surface area (Å²) in [6, 6.07) is 0. The highest BCUT2D eigenvalue weighted by molar-refractivity contribution is 8.00. The third kappa shape index (κ3) is 3.90. The van der Waals surface area contributed by atoms with E-state index in [1.54, 1.807) is 0 Å². The molecule has 0 aliphatic rings. The molecule has 0 aromatic rings. The molecular weight excluding hydrogens is 286 g/mol. The van der Waals surface area contributed by atoms with Crippen LogP contribution in [0.25, 0.3) is 0 Å². The van der Waals surface area contributed by atoms with Crippen molar-refractivity contribution in [2.75, 3.05) is 14.1 Å². The fourth-order valence-corrected chi connectivity index (χ4v) is 2.82. The van der Waals surface area contributed by atoms with E-state index in [9.17, 15) is 34.8 Å². The van der Waals surface area contributed by atoms with E-state index >= 15 is 0 Å². The second kappa shape index (κ2) is 4.49. The van der Waals surface area contributed by atoms with Crippen molar-refractivity contribution < 1.29 is 34.8 Å². The van der Waals surface area contributed by atoms with Gasteiger partial charge < -0.3 is 0 Å². The van der Waals surface area contributed by atoms with Crippen molar-refractivity contribution in [2.24, 2.45) is 3.77 Å². The maximum atomic E-state index is 12.1. The Morgan fingerprint density at radius 3 is 1.62 bits per heavy atom. The Bertz CT molecular complexity index is 380. The van der Waals surface area contributed by atoms with Crippen LogP contribution in [0.5, 0.6) is 0 Å². The molecule has 0 spiro atoms. The molecule has 0 rings (SSSR count). The van der Waals surface area contributed by atoms with Gasteiger partial charge in [-0.2, -0.15) is 34.8 Å². The number of sulfonamides is 1. The summed E-state index contributed by atoms with van der Waals surface area (Å²) in [7, 11) is -7.97. The van der Waals surface area contributed by atoms with Crippen molar-refractivity contribution in [3.8, 4) is 0 Å². The number of hydrogen-bond acceptors (Lipinski definition) is 2.